The van der Waals surface area contributed by atoms with Crippen LogP contribution in [0.15, 0.2) is 44.0 Å². The number of ketones is 1. The molecule has 0 saturated carbocycles. The first-order valence-electron chi connectivity index (χ1n) is 5.07. The number of thioether (sulfide) groups is 1. The number of carbonyl (C=O) groups excluding carboxylic acids is 1. The molecule has 3 nitrogen and oxygen atoms in total. The summed E-state index contributed by atoms with van der Waals surface area (Å²) in [5.74, 6) is -0.204. The van der Waals surface area contributed by atoms with E-state index >= 15 is 0 Å². The lowest BCUT2D eigenvalue weighted by molar-refractivity contribution is 0.101. The topological polar surface area (TPSA) is 54.0 Å². The predicted molar refractivity (Wildman–Crippen MR) is 72.7 cm³/mol. The Morgan fingerprint density at radius 3 is 3.00 bits per heavy atom. The van der Waals surface area contributed by atoms with E-state index in [4.69, 9.17) is 9.68 Å². The highest BCUT2D eigenvalue weighted by Crippen LogP contribution is 2.28. The van der Waals surface area contributed by atoms with E-state index in [0.29, 0.717) is 0 Å². The van der Waals surface area contributed by atoms with Crippen LogP contribution in [0.1, 0.15) is 16.1 Å². The van der Waals surface area contributed by atoms with E-state index in [2.05, 4.69) is 0 Å². The van der Waals surface area contributed by atoms with E-state index in [1.165, 1.54) is 6.26 Å². The third-order valence-corrected chi connectivity index (χ3v) is 4.37. The molecule has 2 rings (SSSR count). The second-order valence-corrected chi connectivity index (χ2v) is 5.33. The summed E-state index contributed by atoms with van der Waals surface area (Å²) in [6.45, 7) is 0. The van der Waals surface area contributed by atoms with Gasteiger partial charge < -0.3 is 4.42 Å². The highest BCUT2D eigenvalue weighted by atomic mass is 32.2. The van der Waals surface area contributed by atoms with E-state index < -0.39 is 0 Å². The van der Waals surface area contributed by atoms with Crippen molar-refractivity contribution in [3.63, 3.8) is 0 Å². The molecule has 0 spiro atoms. The molecule has 0 N–H and O–H groups in total. The fraction of sp³-hybridized carbons (Fsp3) is 0.0769. The van der Waals surface area contributed by atoms with Crippen molar-refractivity contribution in [3.8, 4) is 6.07 Å². The van der Waals surface area contributed by atoms with Crippen LogP contribution in [0.3, 0.4) is 0 Å². The molecule has 2 aromatic heterocycles. The van der Waals surface area contributed by atoms with E-state index in [1.54, 1.807) is 41.3 Å². The van der Waals surface area contributed by atoms with Crippen molar-refractivity contribution in [1.82, 2.24) is 0 Å². The quantitative estimate of drug-likeness (QED) is 0.368. The van der Waals surface area contributed by atoms with Gasteiger partial charge in [-0.1, -0.05) is 0 Å². The normalized spacial score (nSPS) is 11.2. The Kier molecular flexibility index (Phi) is 4.03. The number of rotatable bonds is 4. The minimum absolute atomic E-state index is 0.0821. The number of hydrogen-bond acceptors (Lipinski definition) is 5. The lowest BCUT2D eigenvalue weighted by Crippen LogP contribution is -1.99. The van der Waals surface area contributed by atoms with Crippen molar-refractivity contribution in [3.05, 3.63) is 46.7 Å². The summed E-state index contributed by atoms with van der Waals surface area (Å²) in [6, 6.07) is 7.00. The van der Waals surface area contributed by atoms with Crippen molar-refractivity contribution >= 4 is 35.0 Å². The minimum Gasteiger partial charge on any atom is -0.461 e. The lowest BCUT2D eigenvalue weighted by Gasteiger charge is -1.96. The zero-order valence-corrected chi connectivity index (χ0v) is 11.2. The molecule has 0 aliphatic rings. The van der Waals surface area contributed by atoms with Gasteiger partial charge >= 0.3 is 0 Å². The number of hydrogen-bond donors (Lipinski definition) is 0. The van der Waals surface area contributed by atoms with Crippen molar-refractivity contribution in [1.29, 1.82) is 5.26 Å². The zero-order valence-electron chi connectivity index (χ0n) is 9.54. The molecule has 0 fully saturated rings. The number of nitriles is 1. The minimum atomic E-state index is -0.388. The Morgan fingerprint density at radius 2 is 2.39 bits per heavy atom. The van der Waals surface area contributed by atoms with Crippen LogP contribution in [0.4, 0.5) is 0 Å². The van der Waals surface area contributed by atoms with Crippen LogP contribution in [0.2, 0.25) is 0 Å². The third-order valence-electron chi connectivity index (χ3n) is 2.25. The van der Waals surface area contributed by atoms with Gasteiger partial charge in [-0.3, -0.25) is 4.79 Å². The average molecular weight is 275 g/mol. The van der Waals surface area contributed by atoms with Gasteiger partial charge in [-0.15, -0.1) is 23.1 Å². The van der Waals surface area contributed by atoms with Gasteiger partial charge in [0.25, 0.3) is 0 Å². The summed E-state index contributed by atoms with van der Waals surface area (Å²) in [6.07, 6.45) is 4.98. The van der Waals surface area contributed by atoms with Crippen LogP contribution < -0.4 is 0 Å². The molecule has 0 saturated heterocycles. The number of allylic oxidation sites excluding steroid dienone is 1. The van der Waals surface area contributed by atoms with Crippen molar-refractivity contribution < 1.29 is 9.21 Å². The summed E-state index contributed by atoms with van der Waals surface area (Å²) in [4.78, 5) is 12.0. The average Bonchev–Trinajstić information content (AvgIpc) is 3.05. The molecule has 0 amide bonds. The molecule has 0 radical (unpaired) electrons. The van der Waals surface area contributed by atoms with Gasteiger partial charge in [-0.2, -0.15) is 5.26 Å². The predicted octanol–water partition coefficient (Wildman–Crippen LogP) is 3.85. The highest BCUT2D eigenvalue weighted by molar-refractivity contribution is 8.00. The summed E-state index contributed by atoms with van der Waals surface area (Å²) >= 11 is 3.18. The molecule has 90 valence electrons. The molecular formula is C13H9NO2S2. The molecular weight excluding hydrogens is 266 g/mol. The first-order valence-corrected chi connectivity index (χ1v) is 7.18. The summed E-state index contributed by atoms with van der Waals surface area (Å²) in [5.41, 5.74) is 0.975. The Balaban J connectivity index is 2.35. The molecule has 0 aliphatic heterocycles. The molecule has 5 heteroatoms. The maximum absolute atomic E-state index is 12.0. The Hall–Kier alpha value is -1.77. The van der Waals surface area contributed by atoms with Gasteiger partial charge in [0.1, 0.15) is 11.6 Å². The molecule has 2 heterocycles. The van der Waals surface area contributed by atoms with Gasteiger partial charge in [0.15, 0.2) is 5.76 Å². The second-order valence-electron chi connectivity index (χ2n) is 3.34. The molecule has 0 unspecified atom stereocenters. The maximum Gasteiger partial charge on any atom is 0.238 e. The summed E-state index contributed by atoms with van der Waals surface area (Å²) in [5, 5.41) is 11.0. The highest BCUT2D eigenvalue weighted by Gasteiger charge is 2.15. The third kappa shape index (κ3) is 2.55. The second kappa shape index (κ2) is 5.71. The van der Waals surface area contributed by atoms with E-state index in [0.717, 1.165) is 9.77 Å². The number of carbonyl (C=O) groups is 1. The molecule has 2 aromatic rings. The van der Waals surface area contributed by atoms with Gasteiger partial charge in [0, 0.05) is 5.56 Å². The molecule has 18 heavy (non-hydrogen) atoms. The van der Waals surface area contributed by atoms with Gasteiger partial charge in [0.05, 0.1) is 10.5 Å². The fourth-order valence-electron chi connectivity index (χ4n) is 1.42. The maximum atomic E-state index is 12.0. The lowest BCUT2D eigenvalue weighted by atomic mass is 10.1. The van der Waals surface area contributed by atoms with Crippen molar-refractivity contribution in [2.24, 2.45) is 0 Å². The van der Waals surface area contributed by atoms with Gasteiger partial charge in [-0.05, 0) is 35.9 Å². The SMILES string of the molecule is CSc1sccc1/C=C(\C#N)C(=O)c1ccco1. The summed E-state index contributed by atoms with van der Waals surface area (Å²) in [7, 11) is 0. The summed E-state index contributed by atoms with van der Waals surface area (Å²) < 4.78 is 6.09. The number of thiophene rings is 1. The van der Waals surface area contributed by atoms with Gasteiger partial charge in [0.2, 0.25) is 5.78 Å². The monoisotopic (exact) mass is 275 g/mol. The van der Waals surface area contributed by atoms with Crippen LogP contribution in [-0.4, -0.2) is 12.0 Å². The zero-order chi connectivity index (χ0) is 13.0. The van der Waals surface area contributed by atoms with Crippen LogP contribution in [0, 0.1) is 11.3 Å². The van der Waals surface area contributed by atoms with Crippen molar-refractivity contribution in [2.45, 2.75) is 4.21 Å². The Bertz CT molecular complexity index is 618. The molecule has 0 atom stereocenters. The molecule has 0 aromatic carbocycles. The first kappa shape index (κ1) is 12.7. The fourth-order valence-corrected chi connectivity index (χ4v) is 2.94. The van der Waals surface area contributed by atoms with E-state index in [-0.39, 0.29) is 17.1 Å². The standard InChI is InChI=1S/C13H9NO2S2/c1-17-13-9(4-6-18-13)7-10(8-14)12(15)11-3-2-5-16-11/h2-7H,1H3/b10-7+. The van der Waals surface area contributed by atoms with E-state index in [1.807, 2.05) is 23.8 Å². The Morgan fingerprint density at radius 1 is 1.56 bits per heavy atom. The molecule has 0 bridgehead atoms. The Labute approximate surface area is 113 Å². The number of furan rings is 1. The van der Waals surface area contributed by atoms with Crippen LogP contribution in [-0.2, 0) is 0 Å². The van der Waals surface area contributed by atoms with Crippen molar-refractivity contribution in [2.75, 3.05) is 6.26 Å². The number of nitrogens with zero attached hydrogens (tertiary/aromatic N) is 1. The van der Waals surface area contributed by atoms with Crippen LogP contribution >= 0.6 is 23.1 Å². The van der Waals surface area contributed by atoms with Gasteiger partial charge in [-0.25, -0.2) is 0 Å². The molecule has 0 aliphatic carbocycles. The van der Waals surface area contributed by atoms with Crippen LogP contribution in [0.25, 0.3) is 6.08 Å². The smallest absolute Gasteiger partial charge is 0.238 e. The van der Waals surface area contributed by atoms with E-state index in [9.17, 15) is 4.79 Å². The first-order chi connectivity index (χ1) is 8.76. The largest absolute Gasteiger partial charge is 0.461 e. The number of Topliss-reactive ketones (excluding diaryl/α,β-unsaturated/α-hetero) is 1. The van der Waals surface area contributed by atoms with Crippen LogP contribution in [0.5, 0.6) is 0 Å².